The van der Waals surface area contributed by atoms with Crippen LogP contribution in [0.1, 0.15) is 29.4 Å². The number of amides is 2. The number of benzene rings is 1. The van der Waals surface area contributed by atoms with Crippen molar-refractivity contribution in [1.82, 2.24) is 14.8 Å². The van der Waals surface area contributed by atoms with Crippen molar-refractivity contribution in [1.29, 1.82) is 10.5 Å². The third-order valence-electron chi connectivity index (χ3n) is 4.71. The summed E-state index contributed by atoms with van der Waals surface area (Å²) < 4.78 is 0. The number of likely N-dealkylation sites (N-methyl/N-ethyl adjacent to an activating group) is 1. The number of carbonyl (C=O) groups excluding carboxylic acids is 2. The van der Waals surface area contributed by atoms with Gasteiger partial charge in [0.15, 0.2) is 0 Å². The fourth-order valence-electron chi connectivity index (χ4n) is 3.38. The SMILES string of the molecule is CC1CC(C#N)N(C(=O)CN(C)C(=O)c2cc3c(C#N)cccc3[nH]2)C1. The Morgan fingerprint density at radius 1 is 1.38 bits per heavy atom. The highest BCUT2D eigenvalue weighted by molar-refractivity contribution is 6.00. The van der Waals surface area contributed by atoms with Gasteiger partial charge in [-0.25, -0.2) is 0 Å². The molecule has 0 bridgehead atoms. The van der Waals surface area contributed by atoms with Crippen molar-refractivity contribution in [3.8, 4) is 12.1 Å². The van der Waals surface area contributed by atoms with Crippen LogP contribution in [0.25, 0.3) is 10.9 Å². The first-order valence-electron chi connectivity index (χ1n) is 8.41. The van der Waals surface area contributed by atoms with Gasteiger partial charge >= 0.3 is 0 Å². The number of aromatic amines is 1. The number of nitrogens with zero attached hydrogens (tertiary/aromatic N) is 4. The van der Waals surface area contributed by atoms with Crippen molar-refractivity contribution in [2.45, 2.75) is 19.4 Å². The molecule has 2 heterocycles. The van der Waals surface area contributed by atoms with Gasteiger partial charge in [-0.1, -0.05) is 13.0 Å². The molecular weight excluding hydrogens is 330 g/mol. The lowest BCUT2D eigenvalue weighted by atomic mass is 10.1. The molecule has 2 atom stereocenters. The second kappa shape index (κ2) is 6.89. The highest BCUT2D eigenvalue weighted by Gasteiger charge is 2.33. The zero-order valence-corrected chi connectivity index (χ0v) is 14.7. The highest BCUT2D eigenvalue weighted by Crippen LogP contribution is 2.23. The fourth-order valence-corrected chi connectivity index (χ4v) is 3.38. The van der Waals surface area contributed by atoms with Crippen molar-refractivity contribution >= 4 is 22.7 Å². The molecule has 2 aromatic rings. The summed E-state index contributed by atoms with van der Waals surface area (Å²) in [5.41, 5.74) is 1.51. The van der Waals surface area contributed by atoms with Gasteiger partial charge in [0.2, 0.25) is 5.91 Å². The number of nitriles is 2. The first-order valence-corrected chi connectivity index (χ1v) is 8.41. The van der Waals surface area contributed by atoms with E-state index in [2.05, 4.69) is 17.1 Å². The second-order valence-corrected chi connectivity index (χ2v) is 6.75. The Labute approximate surface area is 151 Å². The predicted octanol–water partition coefficient (Wildman–Crippen LogP) is 1.87. The average molecular weight is 349 g/mol. The standard InChI is InChI=1S/C19H19N5O2/c1-12-6-14(9-21)24(10-12)18(25)11-23(2)19(26)17-7-15-13(8-20)4-3-5-16(15)22-17/h3-5,7,12,14,22H,6,10-11H2,1-2H3. The molecule has 1 aromatic carbocycles. The molecule has 7 nitrogen and oxygen atoms in total. The van der Waals surface area contributed by atoms with Crippen molar-refractivity contribution in [3.63, 3.8) is 0 Å². The van der Waals surface area contributed by atoms with Crippen LogP contribution in [0.15, 0.2) is 24.3 Å². The van der Waals surface area contributed by atoms with Crippen LogP contribution in [0.4, 0.5) is 0 Å². The van der Waals surface area contributed by atoms with Gasteiger partial charge in [0, 0.05) is 24.5 Å². The van der Waals surface area contributed by atoms with Crippen molar-refractivity contribution in [2.24, 2.45) is 5.92 Å². The van der Waals surface area contributed by atoms with E-state index in [1.807, 2.05) is 6.92 Å². The maximum Gasteiger partial charge on any atom is 0.270 e. The van der Waals surface area contributed by atoms with Crippen LogP contribution in [0.5, 0.6) is 0 Å². The fraction of sp³-hybridized carbons (Fsp3) is 0.368. The first-order chi connectivity index (χ1) is 12.4. The molecule has 2 amide bonds. The van der Waals surface area contributed by atoms with E-state index in [0.29, 0.717) is 35.1 Å². The molecule has 3 rings (SSSR count). The lowest BCUT2D eigenvalue weighted by Gasteiger charge is -2.23. The van der Waals surface area contributed by atoms with E-state index in [1.165, 1.54) is 4.90 Å². The summed E-state index contributed by atoms with van der Waals surface area (Å²) in [6.07, 6.45) is 0.666. The third-order valence-corrected chi connectivity index (χ3v) is 4.71. The lowest BCUT2D eigenvalue weighted by Crippen LogP contribution is -2.43. The Morgan fingerprint density at radius 2 is 2.15 bits per heavy atom. The van der Waals surface area contributed by atoms with Gasteiger partial charge in [-0.2, -0.15) is 10.5 Å². The Hall–Kier alpha value is -3.32. The third kappa shape index (κ3) is 3.12. The molecule has 1 aromatic heterocycles. The number of nitrogens with one attached hydrogen (secondary N) is 1. The van der Waals surface area contributed by atoms with Gasteiger partial charge in [-0.05, 0) is 30.5 Å². The normalized spacial score (nSPS) is 19.2. The number of fused-ring (bicyclic) bond motifs is 1. The van der Waals surface area contributed by atoms with E-state index in [1.54, 1.807) is 36.2 Å². The lowest BCUT2D eigenvalue weighted by molar-refractivity contribution is -0.131. The number of aromatic nitrogens is 1. The maximum absolute atomic E-state index is 12.7. The molecule has 1 aliphatic heterocycles. The summed E-state index contributed by atoms with van der Waals surface area (Å²) in [7, 11) is 1.55. The number of carbonyl (C=O) groups is 2. The number of hydrogen-bond donors (Lipinski definition) is 1. The molecule has 1 N–H and O–H groups in total. The van der Waals surface area contributed by atoms with E-state index in [-0.39, 0.29) is 24.3 Å². The van der Waals surface area contributed by atoms with E-state index < -0.39 is 6.04 Å². The van der Waals surface area contributed by atoms with Crippen LogP contribution < -0.4 is 0 Å². The minimum absolute atomic E-state index is 0.0930. The van der Waals surface area contributed by atoms with Gasteiger partial charge in [-0.15, -0.1) is 0 Å². The van der Waals surface area contributed by atoms with Crippen LogP contribution >= 0.6 is 0 Å². The quantitative estimate of drug-likeness (QED) is 0.913. The minimum atomic E-state index is -0.424. The largest absolute Gasteiger partial charge is 0.350 e. The van der Waals surface area contributed by atoms with Gasteiger partial charge < -0.3 is 14.8 Å². The highest BCUT2D eigenvalue weighted by atomic mass is 16.2. The Morgan fingerprint density at radius 3 is 2.85 bits per heavy atom. The van der Waals surface area contributed by atoms with Crippen LogP contribution in [0, 0.1) is 28.6 Å². The molecule has 0 aliphatic carbocycles. The summed E-state index contributed by atoms with van der Waals surface area (Å²) in [5.74, 6) is -0.285. The van der Waals surface area contributed by atoms with Crippen molar-refractivity contribution in [3.05, 3.63) is 35.5 Å². The molecule has 26 heavy (non-hydrogen) atoms. The molecule has 0 spiro atoms. The van der Waals surface area contributed by atoms with Gasteiger partial charge in [0.25, 0.3) is 5.91 Å². The van der Waals surface area contributed by atoms with E-state index in [0.717, 1.165) is 0 Å². The van der Waals surface area contributed by atoms with E-state index in [9.17, 15) is 14.9 Å². The van der Waals surface area contributed by atoms with Crippen LogP contribution in [-0.4, -0.2) is 52.8 Å². The van der Waals surface area contributed by atoms with Crippen LogP contribution in [-0.2, 0) is 4.79 Å². The molecule has 1 fully saturated rings. The zero-order chi connectivity index (χ0) is 18.8. The summed E-state index contributed by atoms with van der Waals surface area (Å²) in [6.45, 7) is 2.45. The first kappa shape index (κ1) is 17.5. The number of likely N-dealkylation sites (tertiary alicyclic amines) is 1. The van der Waals surface area contributed by atoms with Crippen LogP contribution in [0.2, 0.25) is 0 Å². The Balaban J connectivity index is 1.75. The predicted molar refractivity (Wildman–Crippen MR) is 94.9 cm³/mol. The Kier molecular flexibility index (Phi) is 4.64. The zero-order valence-electron chi connectivity index (χ0n) is 14.7. The average Bonchev–Trinajstić information content (AvgIpc) is 3.23. The molecule has 1 saturated heterocycles. The summed E-state index contributed by atoms with van der Waals surface area (Å²) >= 11 is 0. The molecular formula is C19H19N5O2. The van der Waals surface area contributed by atoms with Crippen molar-refractivity contribution in [2.75, 3.05) is 20.1 Å². The molecule has 7 heteroatoms. The van der Waals surface area contributed by atoms with E-state index in [4.69, 9.17) is 5.26 Å². The van der Waals surface area contributed by atoms with Gasteiger partial charge in [0.05, 0.1) is 24.2 Å². The molecule has 0 saturated carbocycles. The molecule has 132 valence electrons. The number of hydrogen-bond acceptors (Lipinski definition) is 4. The van der Waals surface area contributed by atoms with Crippen LogP contribution in [0.3, 0.4) is 0 Å². The summed E-state index contributed by atoms with van der Waals surface area (Å²) in [5, 5.41) is 19.0. The minimum Gasteiger partial charge on any atom is -0.350 e. The smallest absolute Gasteiger partial charge is 0.270 e. The number of H-pyrrole nitrogens is 1. The van der Waals surface area contributed by atoms with Gasteiger partial charge in [0.1, 0.15) is 11.7 Å². The number of rotatable bonds is 3. The topological polar surface area (TPSA) is 104 Å². The summed E-state index contributed by atoms with van der Waals surface area (Å²) in [4.78, 5) is 31.0. The second-order valence-electron chi connectivity index (χ2n) is 6.75. The molecule has 2 unspecified atom stereocenters. The van der Waals surface area contributed by atoms with Crippen molar-refractivity contribution < 1.29 is 9.59 Å². The summed E-state index contributed by atoms with van der Waals surface area (Å²) in [6, 6.07) is 10.7. The molecule has 0 radical (unpaired) electrons. The monoisotopic (exact) mass is 349 g/mol. The Bertz CT molecular complexity index is 949. The maximum atomic E-state index is 12.7. The van der Waals surface area contributed by atoms with Gasteiger partial charge in [-0.3, -0.25) is 9.59 Å². The van der Waals surface area contributed by atoms with E-state index >= 15 is 0 Å². The molecule has 1 aliphatic rings.